The van der Waals surface area contributed by atoms with Crippen molar-refractivity contribution in [2.24, 2.45) is 11.1 Å². The van der Waals surface area contributed by atoms with E-state index in [0.29, 0.717) is 13.0 Å². The summed E-state index contributed by atoms with van der Waals surface area (Å²) in [5, 5.41) is 3.00. The van der Waals surface area contributed by atoms with Gasteiger partial charge in [0.25, 0.3) is 0 Å². The van der Waals surface area contributed by atoms with Crippen LogP contribution in [0.3, 0.4) is 0 Å². The number of rotatable bonds is 9. The molecule has 110 valence electrons. The molecule has 18 heavy (non-hydrogen) atoms. The van der Waals surface area contributed by atoms with Gasteiger partial charge in [0.15, 0.2) is 0 Å². The second-order valence-corrected chi connectivity index (χ2v) is 4.63. The van der Waals surface area contributed by atoms with Gasteiger partial charge in [0.1, 0.15) is 0 Å². The Balaban J connectivity index is 0. The van der Waals surface area contributed by atoms with Crippen molar-refractivity contribution in [3.05, 3.63) is 0 Å². The number of nitrogens with two attached hydrogens (primary N) is 1. The number of carbonyl (C=O) groups is 1. The highest BCUT2D eigenvalue weighted by atomic mass is 35.5. The summed E-state index contributed by atoms with van der Waals surface area (Å²) in [7, 11) is 1.58. The molecule has 0 aromatic carbocycles. The zero-order valence-electron chi connectivity index (χ0n) is 12.1. The molecule has 1 unspecified atom stereocenters. The predicted molar refractivity (Wildman–Crippen MR) is 78.0 cm³/mol. The topological polar surface area (TPSA) is 64.4 Å². The molecule has 0 heterocycles. The lowest BCUT2D eigenvalue weighted by molar-refractivity contribution is -0.123. The van der Waals surface area contributed by atoms with Crippen molar-refractivity contribution in [3.63, 3.8) is 0 Å². The van der Waals surface area contributed by atoms with E-state index in [-0.39, 0.29) is 29.8 Å². The molecule has 0 fully saturated rings. The van der Waals surface area contributed by atoms with E-state index in [1.54, 1.807) is 7.11 Å². The number of nitrogens with one attached hydrogen (secondary N) is 1. The first-order valence-corrected chi connectivity index (χ1v) is 6.57. The Hall–Kier alpha value is -0.320. The molecule has 0 bridgehead atoms. The van der Waals surface area contributed by atoms with Crippen LogP contribution in [0.15, 0.2) is 0 Å². The molecule has 1 amide bonds. The second kappa shape index (κ2) is 10.6. The van der Waals surface area contributed by atoms with Crippen LogP contribution in [0.2, 0.25) is 0 Å². The molecule has 0 radical (unpaired) electrons. The third-order valence-electron chi connectivity index (χ3n) is 3.92. The summed E-state index contributed by atoms with van der Waals surface area (Å²) < 4.78 is 5.10. The normalized spacial score (nSPS) is 12.7. The highest BCUT2D eigenvalue weighted by Gasteiger charge is 2.24. The Morgan fingerprint density at radius 1 is 1.28 bits per heavy atom. The molecule has 4 nitrogen and oxygen atoms in total. The van der Waals surface area contributed by atoms with E-state index in [2.05, 4.69) is 26.1 Å². The Kier molecular flexibility index (Phi) is 11.8. The third-order valence-corrected chi connectivity index (χ3v) is 3.92. The molecule has 3 N–H and O–H groups in total. The number of ether oxygens (including phenoxy) is 1. The molecule has 1 atom stereocenters. The first-order chi connectivity index (χ1) is 8.07. The van der Waals surface area contributed by atoms with E-state index in [1.807, 2.05) is 0 Å². The monoisotopic (exact) mass is 280 g/mol. The predicted octanol–water partition coefficient (Wildman–Crippen LogP) is 2.10. The minimum Gasteiger partial charge on any atom is -0.380 e. The van der Waals surface area contributed by atoms with E-state index < -0.39 is 0 Å². The highest BCUT2D eigenvalue weighted by Crippen LogP contribution is 2.29. The fraction of sp³-hybridized carbons (Fsp3) is 0.923. The van der Waals surface area contributed by atoms with Crippen molar-refractivity contribution in [1.82, 2.24) is 5.32 Å². The Labute approximate surface area is 117 Å². The molecule has 0 saturated carbocycles. The lowest BCUT2D eigenvalue weighted by Crippen LogP contribution is -2.39. The van der Waals surface area contributed by atoms with Gasteiger partial charge < -0.3 is 15.8 Å². The summed E-state index contributed by atoms with van der Waals surface area (Å²) in [4.78, 5) is 11.7. The zero-order chi connectivity index (χ0) is 13.3. The van der Waals surface area contributed by atoms with Crippen LogP contribution in [0, 0.1) is 5.41 Å². The standard InChI is InChI=1S/C13H28N2O2.ClH/c1-5-13(6-2,7-3)10-15-12(16)8-11(9-14)17-4;/h11H,5-10,14H2,1-4H3,(H,15,16);1H. The maximum absolute atomic E-state index is 11.7. The number of amides is 1. The van der Waals surface area contributed by atoms with Crippen LogP contribution in [0.5, 0.6) is 0 Å². The molecule has 5 heteroatoms. The van der Waals surface area contributed by atoms with Crippen molar-refractivity contribution in [2.75, 3.05) is 20.2 Å². The van der Waals surface area contributed by atoms with Gasteiger partial charge >= 0.3 is 0 Å². The van der Waals surface area contributed by atoms with Crippen LogP contribution >= 0.6 is 12.4 Å². The van der Waals surface area contributed by atoms with Crippen molar-refractivity contribution in [2.45, 2.75) is 52.6 Å². The van der Waals surface area contributed by atoms with Crippen LogP contribution in [-0.4, -0.2) is 32.2 Å². The quantitative estimate of drug-likeness (QED) is 0.680. The first kappa shape index (κ1) is 20.0. The molecule has 0 saturated heterocycles. The zero-order valence-corrected chi connectivity index (χ0v) is 12.9. The molecule has 0 aliphatic carbocycles. The maximum atomic E-state index is 11.7. The molecule has 0 aliphatic rings. The number of hydrogen-bond donors (Lipinski definition) is 2. The van der Waals surface area contributed by atoms with Crippen molar-refractivity contribution in [3.8, 4) is 0 Å². The van der Waals surface area contributed by atoms with Gasteiger partial charge in [-0.1, -0.05) is 20.8 Å². The summed E-state index contributed by atoms with van der Waals surface area (Å²) in [5.74, 6) is 0.0297. The molecular weight excluding hydrogens is 252 g/mol. The Morgan fingerprint density at radius 3 is 2.11 bits per heavy atom. The maximum Gasteiger partial charge on any atom is 0.222 e. The lowest BCUT2D eigenvalue weighted by atomic mass is 9.80. The summed E-state index contributed by atoms with van der Waals surface area (Å²) in [6.45, 7) is 7.66. The molecule has 0 aliphatic heterocycles. The largest absolute Gasteiger partial charge is 0.380 e. The van der Waals surface area contributed by atoms with E-state index in [4.69, 9.17) is 10.5 Å². The van der Waals surface area contributed by atoms with Crippen molar-refractivity contribution >= 4 is 18.3 Å². The van der Waals surface area contributed by atoms with E-state index >= 15 is 0 Å². The molecule has 0 rings (SSSR count). The Morgan fingerprint density at radius 2 is 1.78 bits per heavy atom. The minimum absolute atomic E-state index is 0. The summed E-state index contributed by atoms with van der Waals surface area (Å²) >= 11 is 0. The van der Waals surface area contributed by atoms with Gasteiger partial charge in [-0.15, -0.1) is 12.4 Å². The summed E-state index contributed by atoms with van der Waals surface area (Å²) in [6, 6.07) is 0. The van der Waals surface area contributed by atoms with Gasteiger partial charge in [0.2, 0.25) is 5.91 Å². The minimum atomic E-state index is -0.172. The van der Waals surface area contributed by atoms with Crippen LogP contribution < -0.4 is 11.1 Å². The number of methoxy groups -OCH3 is 1. The summed E-state index contributed by atoms with van der Waals surface area (Å²) in [5.41, 5.74) is 5.72. The van der Waals surface area contributed by atoms with Crippen molar-refractivity contribution < 1.29 is 9.53 Å². The fourth-order valence-electron chi connectivity index (χ4n) is 1.95. The average Bonchev–Trinajstić information content (AvgIpc) is 2.38. The average molecular weight is 281 g/mol. The van der Waals surface area contributed by atoms with Gasteiger partial charge in [-0.05, 0) is 24.7 Å². The van der Waals surface area contributed by atoms with E-state index in [1.165, 1.54) is 0 Å². The fourth-order valence-corrected chi connectivity index (χ4v) is 1.95. The van der Waals surface area contributed by atoms with Gasteiger partial charge in [0, 0.05) is 20.2 Å². The van der Waals surface area contributed by atoms with Gasteiger partial charge in [-0.2, -0.15) is 0 Å². The molecule has 0 spiro atoms. The third kappa shape index (κ3) is 6.57. The van der Waals surface area contributed by atoms with Gasteiger partial charge in [-0.3, -0.25) is 4.79 Å². The summed E-state index contributed by atoms with van der Waals surface area (Å²) in [6.07, 6.45) is 3.44. The van der Waals surface area contributed by atoms with Crippen molar-refractivity contribution in [1.29, 1.82) is 0 Å². The number of carbonyl (C=O) groups excluding carboxylic acids is 1. The lowest BCUT2D eigenvalue weighted by Gasteiger charge is -2.30. The SMILES string of the molecule is CCC(CC)(CC)CNC(=O)CC(CN)OC.Cl. The first-order valence-electron chi connectivity index (χ1n) is 6.57. The smallest absolute Gasteiger partial charge is 0.222 e. The van der Waals surface area contributed by atoms with Crippen LogP contribution in [0.4, 0.5) is 0 Å². The van der Waals surface area contributed by atoms with Crippen LogP contribution in [0.25, 0.3) is 0 Å². The van der Waals surface area contributed by atoms with Gasteiger partial charge in [0.05, 0.1) is 12.5 Å². The van der Waals surface area contributed by atoms with Gasteiger partial charge in [-0.25, -0.2) is 0 Å². The molecule has 0 aromatic rings. The van der Waals surface area contributed by atoms with Crippen LogP contribution in [-0.2, 0) is 9.53 Å². The van der Waals surface area contributed by atoms with E-state index in [0.717, 1.165) is 25.8 Å². The van der Waals surface area contributed by atoms with E-state index in [9.17, 15) is 4.79 Å². The highest BCUT2D eigenvalue weighted by molar-refractivity contribution is 5.85. The molecular formula is C13H29ClN2O2. The molecule has 0 aromatic heterocycles. The second-order valence-electron chi connectivity index (χ2n) is 4.63. The number of halogens is 1. The Bertz CT molecular complexity index is 209. The van der Waals surface area contributed by atoms with Crippen LogP contribution in [0.1, 0.15) is 46.5 Å². The number of hydrogen-bond acceptors (Lipinski definition) is 3.